The van der Waals surface area contributed by atoms with Gasteiger partial charge in [-0.05, 0) is 12.5 Å². The van der Waals surface area contributed by atoms with Crippen molar-refractivity contribution in [2.75, 3.05) is 19.7 Å². The van der Waals surface area contributed by atoms with Gasteiger partial charge in [-0.3, -0.25) is 9.48 Å². The average Bonchev–Trinajstić information content (AvgIpc) is 3.32. The van der Waals surface area contributed by atoms with Gasteiger partial charge in [0.05, 0.1) is 25.3 Å². The number of carbonyl (C=O) groups is 2. The largest absolute Gasteiger partial charge is 0.461 e. The summed E-state index contributed by atoms with van der Waals surface area (Å²) in [5.41, 5.74) is 1.35. The summed E-state index contributed by atoms with van der Waals surface area (Å²) in [6, 6.07) is 0. The molecule has 0 radical (unpaired) electrons. The zero-order valence-corrected chi connectivity index (χ0v) is 15.0. The van der Waals surface area contributed by atoms with Crippen LogP contribution in [0.5, 0.6) is 0 Å². The van der Waals surface area contributed by atoms with Gasteiger partial charge in [-0.25, -0.2) is 9.78 Å². The highest BCUT2D eigenvalue weighted by Gasteiger charge is 2.34. The quantitative estimate of drug-likeness (QED) is 0.732. The molecule has 2 aromatic rings. The number of ether oxygens (including phenoxy) is 1. The smallest absolute Gasteiger partial charge is 0.357 e. The topological polar surface area (TPSA) is 98.1 Å². The lowest BCUT2D eigenvalue weighted by Crippen LogP contribution is -2.33. The van der Waals surface area contributed by atoms with Crippen LogP contribution in [0.25, 0.3) is 0 Å². The molecule has 3 heterocycles. The van der Waals surface area contributed by atoms with Crippen molar-refractivity contribution in [3.05, 3.63) is 34.0 Å². The van der Waals surface area contributed by atoms with E-state index in [0.29, 0.717) is 24.7 Å². The van der Waals surface area contributed by atoms with Crippen LogP contribution < -0.4 is 10.6 Å². The lowest BCUT2D eigenvalue weighted by molar-refractivity contribution is -0.125. The highest BCUT2D eigenvalue weighted by atomic mass is 32.1. The summed E-state index contributed by atoms with van der Waals surface area (Å²) in [5, 5.41) is 12.7. The third kappa shape index (κ3) is 4.05. The van der Waals surface area contributed by atoms with E-state index in [0.717, 1.165) is 12.1 Å². The second-order valence-corrected chi connectivity index (χ2v) is 6.83. The molecule has 1 amide bonds. The van der Waals surface area contributed by atoms with Crippen LogP contribution in [-0.4, -0.2) is 46.3 Å². The molecule has 3 rings (SSSR count). The Morgan fingerprint density at radius 3 is 3.04 bits per heavy atom. The van der Waals surface area contributed by atoms with Gasteiger partial charge in [0.2, 0.25) is 5.91 Å². The molecule has 8 nitrogen and oxygen atoms in total. The molecule has 25 heavy (non-hydrogen) atoms. The van der Waals surface area contributed by atoms with Crippen LogP contribution in [0.15, 0.2) is 17.8 Å². The van der Waals surface area contributed by atoms with Gasteiger partial charge in [-0.15, -0.1) is 11.3 Å². The molecule has 2 N–H and O–H groups in total. The van der Waals surface area contributed by atoms with Crippen LogP contribution >= 0.6 is 11.3 Å². The molecule has 1 aliphatic rings. The first-order chi connectivity index (χ1) is 12.1. The number of amides is 1. The number of hydrogen-bond donors (Lipinski definition) is 2. The van der Waals surface area contributed by atoms with Crippen molar-refractivity contribution in [2.45, 2.75) is 19.4 Å². The van der Waals surface area contributed by atoms with Gasteiger partial charge in [-0.1, -0.05) is 0 Å². The first-order valence-corrected chi connectivity index (χ1v) is 9.05. The molecule has 0 aromatic carbocycles. The van der Waals surface area contributed by atoms with Crippen LogP contribution in [0.3, 0.4) is 0 Å². The summed E-state index contributed by atoms with van der Waals surface area (Å²) in [6.07, 6.45) is 3.76. The SMILES string of the molecule is CCOC(=O)c1csc(CNC(=O)[C@H]2CNC[C@@H]2c2cnn(C)c2)n1. The number of rotatable bonds is 6. The zero-order valence-electron chi connectivity index (χ0n) is 14.2. The molecule has 0 bridgehead atoms. The Kier molecular flexibility index (Phi) is 5.44. The maximum Gasteiger partial charge on any atom is 0.357 e. The standard InChI is InChI=1S/C16H21N5O3S/c1-3-24-16(23)13-9-25-14(20-13)7-18-15(22)12-6-17-5-11(12)10-4-19-21(2)8-10/h4,8-9,11-12,17H,3,5-7H2,1-2H3,(H,18,22)/t11-,12+/m1/s1. The summed E-state index contributed by atoms with van der Waals surface area (Å²) in [4.78, 5) is 28.4. The number of aryl methyl sites for hydroxylation is 1. The first-order valence-electron chi connectivity index (χ1n) is 8.17. The van der Waals surface area contributed by atoms with Gasteiger partial charge in [0.15, 0.2) is 5.69 Å². The number of nitrogens with zero attached hydrogens (tertiary/aromatic N) is 3. The van der Waals surface area contributed by atoms with Gasteiger partial charge in [-0.2, -0.15) is 5.10 Å². The summed E-state index contributed by atoms with van der Waals surface area (Å²) in [6.45, 7) is 3.76. The van der Waals surface area contributed by atoms with Gasteiger partial charge < -0.3 is 15.4 Å². The van der Waals surface area contributed by atoms with Crippen molar-refractivity contribution in [3.63, 3.8) is 0 Å². The molecule has 2 aromatic heterocycles. The summed E-state index contributed by atoms with van der Waals surface area (Å²) in [7, 11) is 1.87. The van der Waals surface area contributed by atoms with Crippen molar-refractivity contribution in [1.82, 2.24) is 25.4 Å². The summed E-state index contributed by atoms with van der Waals surface area (Å²) in [5.74, 6) is -0.492. The number of carbonyl (C=O) groups excluding carboxylic acids is 2. The van der Waals surface area contributed by atoms with Crippen molar-refractivity contribution >= 4 is 23.2 Å². The van der Waals surface area contributed by atoms with Crippen LogP contribution in [0.1, 0.15) is 33.9 Å². The Balaban J connectivity index is 1.58. The third-order valence-electron chi connectivity index (χ3n) is 4.15. The van der Waals surface area contributed by atoms with E-state index in [1.807, 2.05) is 19.4 Å². The Hall–Kier alpha value is -2.26. The fourth-order valence-electron chi connectivity index (χ4n) is 2.92. The maximum atomic E-state index is 12.6. The van der Waals surface area contributed by atoms with Crippen LogP contribution in [0, 0.1) is 5.92 Å². The van der Waals surface area contributed by atoms with Crippen molar-refractivity contribution in [2.24, 2.45) is 13.0 Å². The molecular weight excluding hydrogens is 342 g/mol. The predicted molar refractivity (Wildman–Crippen MR) is 92.2 cm³/mol. The lowest BCUT2D eigenvalue weighted by Gasteiger charge is -2.16. The van der Waals surface area contributed by atoms with Crippen LogP contribution in [0.4, 0.5) is 0 Å². The van der Waals surface area contributed by atoms with Crippen LogP contribution in [-0.2, 0) is 23.1 Å². The second-order valence-electron chi connectivity index (χ2n) is 5.88. The van der Waals surface area contributed by atoms with E-state index in [9.17, 15) is 9.59 Å². The predicted octanol–water partition coefficient (Wildman–Crippen LogP) is 0.673. The highest BCUT2D eigenvalue weighted by molar-refractivity contribution is 7.09. The summed E-state index contributed by atoms with van der Waals surface area (Å²) < 4.78 is 6.66. The number of esters is 1. The van der Waals surface area contributed by atoms with Gasteiger partial charge >= 0.3 is 5.97 Å². The molecule has 1 saturated heterocycles. The fourth-order valence-corrected chi connectivity index (χ4v) is 3.62. The number of thiazole rings is 1. The van der Waals surface area contributed by atoms with Gasteiger partial charge in [0.1, 0.15) is 5.01 Å². The lowest BCUT2D eigenvalue weighted by atomic mass is 9.90. The minimum absolute atomic E-state index is 0.0215. The Bertz CT molecular complexity index is 757. The monoisotopic (exact) mass is 363 g/mol. The van der Waals surface area contributed by atoms with Gasteiger partial charge in [0.25, 0.3) is 0 Å². The normalized spacial score (nSPS) is 19.8. The fraction of sp³-hybridized carbons (Fsp3) is 0.500. The minimum atomic E-state index is -0.437. The molecule has 2 atom stereocenters. The molecule has 0 saturated carbocycles. The Morgan fingerprint density at radius 2 is 2.32 bits per heavy atom. The minimum Gasteiger partial charge on any atom is -0.461 e. The Morgan fingerprint density at radius 1 is 1.48 bits per heavy atom. The number of aromatic nitrogens is 3. The molecule has 1 fully saturated rings. The van der Waals surface area contributed by atoms with E-state index in [1.165, 1.54) is 11.3 Å². The molecule has 0 unspecified atom stereocenters. The van der Waals surface area contributed by atoms with E-state index < -0.39 is 5.97 Å². The zero-order chi connectivity index (χ0) is 17.8. The number of nitrogens with one attached hydrogen (secondary N) is 2. The summed E-state index contributed by atoms with van der Waals surface area (Å²) >= 11 is 1.33. The van der Waals surface area contributed by atoms with E-state index in [1.54, 1.807) is 17.0 Å². The van der Waals surface area contributed by atoms with E-state index in [-0.39, 0.29) is 23.4 Å². The molecule has 1 aliphatic heterocycles. The second kappa shape index (κ2) is 7.75. The van der Waals surface area contributed by atoms with Gasteiger partial charge in [0, 0.05) is 37.6 Å². The van der Waals surface area contributed by atoms with E-state index in [2.05, 4.69) is 20.7 Å². The highest BCUT2D eigenvalue weighted by Crippen LogP contribution is 2.28. The average molecular weight is 363 g/mol. The first kappa shape index (κ1) is 17.6. The number of hydrogen-bond acceptors (Lipinski definition) is 7. The van der Waals surface area contributed by atoms with Crippen molar-refractivity contribution in [1.29, 1.82) is 0 Å². The van der Waals surface area contributed by atoms with E-state index >= 15 is 0 Å². The molecular formula is C16H21N5O3S. The van der Waals surface area contributed by atoms with E-state index in [4.69, 9.17) is 4.74 Å². The maximum absolute atomic E-state index is 12.6. The molecule has 0 aliphatic carbocycles. The molecule has 134 valence electrons. The van der Waals surface area contributed by atoms with Crippen molar-refractivity contribution < 1.29 is 14.3 Å². The van der Waals surface area contributed by atoms with Crippen LogP contribution in [0.2, 0.25) is 0 Å². The van der Waals surface area contributed by atoms with Crippen molar-refractivity contribution in [3.8, 4) is 0 Å². The Labute approximate surface area is 149 Å². The molecule has 0 spiro atoms. The molecule has 9 heteroatoms. The third-order valence-corrected chi connectivity index (χ3v) is 5.00.